The minimum atomic E-state index is -0.556. The van der Waals surface area contributed by atoms with E-state index in [9.17, 15) is 9.59 Å². The van der Waals surface area contributed by atoms with Crippen molar-refractivity contribution in [1.82, 2.24) is 5.32 Å². The molecule has 0 heterocycles. The van der Waals surface area contributed by atoms with Crippen molar-refractivity contribution in [3.8, 4) is 0 Å². The number of carbonyl (C=O) groups is 2. The normalized spacial score (nSPS) is 19.4. The highest BCUT2D eigenvalue weighted by atomic mass is 16.5. The number of ether oxygens (including phenoxy) is 1. The first-order valence-electron chi connectivity index (χ1n) is 7.91. The van der Waals surface area contributed by atoms with Crippen LogP contribution in [-0.2, 0) is 14.3 Å². The Bertz CT molecular complexity index is 322. The summed E-state index contributed by atoms with van der Waals surface area (Å²) >= 11 is 0. The molecule has 1 aliphatic carbocycles. The molecule has 1 amide bonds. The van der Waals surface area contributed by atoms with Crippen LogP contribution in [0, 0.1) is 11.8 Å². The summed E-state index contributed by atoms with van der Waals surface area (Å²) in [6.45, 7) is 7.79. The van der Waals surface area contributed by atoms with E-state index in [0.29, 0.717) is 5.92 Å². The highest BCUT2D eigenvalue weighted by molar-refractivity contribution is 5.85. The molecule has 1 rings (SSSR count). The molecule has 116 valence electrons. The molecule has 4 nitrogen and oxygen atoms in total. The maximum Gasteiger partial charge on any atom is 0.328 e. The fraction of sp³-hybridized carbons (Fsp3) is 0.875. The standard InChI is InChI=1S/C16H29NO3/c1-11(2)10-12(3)20-16(19)13(4)17-15(18)14-8-6-5-7-9-14/h11-14H,5-10H2,1-4H3,(H,17,18)/t12-,13+/m0/s1. The van der Waals surface area contributed by atoms with Crippen molar-refractivity contribution >= 4 is 11.9 Å². The largest absolute Gasteiger partial charge is 0.461 e. The third-order valence-electron chi connectivity index (χ3n) is 3.81. The number of hydrogen-bond acceptors (Lipinski definition) is 3. The van der Waals surface area contributed by atoms with Gasteiger partial charge in [0.05, 0.1) is 6.10 Å². The van der Waals surface area contributed by atoms with Gasteiger partial charge in [0, 0.05) is 5.92 Å². The molecule has 4 heteroatoms. The van der Waals surface area contributed by atoms with Crippen molar-refractivity contribution in [2.24, 2.45) is 11.8 Å². The number of hydrogen-bond donors (Lipinski definition) is 1. The number of rotatable bonds is 6. The lowest BCUT2D eigenvalue weighted by molar-refractivity contribution is -0.152. The summed E-state index contributed by atoms with van der Waals surface area (Å²) in [5.74, 6) is 0.241. The fourth-order valence-electron chi connectivity index (χ4n) is 2.77. The molecular weight excluding hydrogens is 254 g/mol. The quantitative estimate of drug-likeness (QED) is 0.762. The molecule has 0 unspecified atom stereocenters. The Labute approximate surface area is 122 Å². The van der Waals surface area contributed by atoms with Crippen molar-refractivity contribution in [1.29, 1.82) is 0 Å². The Morgan fingerprint density at radius 1 is 1.10 bits per heavy atom. The van der Waals surface area contributed by atoms with Crippen molar-refractivity contribution < 1.29 is 14.3 Å². The summed E-state index contributed by atoms with van der Waals surface area (Å²) in [5.41, 5.74) is 0. The highest BCUT2D eigenvalue weighted by Gasteiger charge is 2.25. The van der Waals surface area contributed by atoms with E-state index < -0.39 is 6.04 Å². The molecule has 1 fully saturated rings. The lowest BCUT2D eigenvalue weighted by Gasteiger charge is -2.23. The van der Waals surface area contributed by atoms with Crippen LogP contribution in [0.5, 0.6) is 0 Å². The lowest BCUT2D eigenvalue weighted by atomic mass is 9.88. The Morgan fingerprint density at radius 2 is 1.70 bits per heavy atom. The van der Waals surface area contributed by atoms with E-state index in [-0.39, 0.29) is 23.9 Å². The average Bonchev–Trinajstić information content (AvgIpc) is 2.38. The van der Waals surface area contributed by atoms with Gasteiger partial charge in [0.1, 0.15) is 6.04 Å². The maximum atomic E-state index is 12.1. The molecule has 0 aromatic heterocycles. The van der Waals surface area contributed by atoms with Crippen LogP contribution in [0.15, 0.2) is 0 Å². The van der Waals surface area contributed by atoms with Crippen molar-refractivity contribution in [2.45, 2.75) is 78.4 Å². The van der Waals surface area contributed by atoms with E-state index in [1.807, 2.05) is 6.92 Å². The zero-order chi connectivity index (χ0) is 15.1. The SMILES string of the molecule is CC(C)C[C@H](C)OC(=O)[C@@H](C)NC(=O)C1CCCCC1. The second-order valence-electron chi connectivity index (χ2n) is 6.44. The predicted octanol–water partition coefficient (Wildman–Crippen LogP) is 3.05. The van der Waals surface area contributed by atoms with E-state index in [2.05, 4.69) is 19.2 Å². The molecule has 0 aromatic carbocycles. The molecule has 0 bridgehead atoms. The van der Waals surface area contributed by atoms with Gasteiger partial charge in [-0.1, -0.05) is 33.1 Å². The van der Waals surface area contributed by atoms with Crippen LogP contribution in [0.1, 0.15) is 66.2 Å². The molecule has 1 N–H and O–H groups in total. The van der Waals surface area contributed by atoms with Crippen LogP contribution in [0.4, 0.5) is 0 Å². The zero-order valence-corrected chi connectivity index (χ0v) is 13.3. The van der Waals surface area contributed by atoms with Gasteiger partial charge in [0.25, 0.3) is 0 Å². The minimum absolute atomic E-state index is 0.00524. The second-order valence-corrected chi connectivity index (χ2v) is 6.44. The molecule has 0 spiro atoms. The smallest absolute Gasteiger partial charge is 0.328 e. The van der Waals surface area contributed by atoms with Crippen LogP contribution < -0.4 is 5.32 Å². The average molecular weight is 283 g/mol. The number of carbonyl (C=O) groups excluding carboxylic acids is 2. The predicted molar refractivity (Wildman–Crippen MR) is 79.2 cm³/mol. The van der Waals surface area contributed by atoms with Crippen LogP contribution in [0.25, 0.3) is 0 Å². The molecule has 20 heavy (non-hydrogen) atoms. The molecule has 1 saturated carbocycles. The van der Waals surface area contributed by atoms with Crippen molar-refractivity contribution in [3.05, 3.63) is 0 Å². The first-order valence-corrected chi connectivity index (χ1v) is 7.91. The number of esters is 1. The molecule has 2 atom stereocenters. The van der Waals surface area contributed by atoms with E-state index in [0.717, 1.165) is 32.1 Å². The van der Waals surface area contributed by atoms with Crippen molar-refractivity contribution in [3.63, 3.8) is 0 Å². The van der Waals surface area contributed by atoms with E-state index in [1.165, 1.54) is 6.42 Å². The molecule has 0 aliphatic heterocycles. The summed E-state index contributed by atoms with van der Waals surface area (Å²) in [6.07, 6.45) is 6.07. The van der Waals surface area contributed by atoms with Gasteiger partial charge in [-0.05, 0) is 39.0 Å². The summed E-state index contributed by atoms with van der Waals surface area (Å²) in [6, 6.07) is -0.556. The molecule has 1 aliphatic rings. The van der Waals surface area contributed by atoms with Gasteiger partial charge in [0.2, 0.25) is 5.91 Å². The van der Waals surface area contributed by atoms with E-state index in [4.69, 9.17) is 4.74 Å². The highest BCUT2D eigenvalue weighted by Crippen LogP contribution is 2.23. The first-order chi connectivity index (χ1) is 9.40. The van der Waals surface area contributed by atoms with Gasteiger partial charge in [0.15, 0.2) is 0 Å². The summed E-state index contributed by atoms with van der Waals surface area (Å²) in [5, 5.41) is 2.79. The first kappa shape index (κ1) is 17.0. The molecule has 0 radical (unpaired) electrons. The zero-order valence-electron chi connectivity index (χ0n) is 13.3. The topological polar surface area (TPSA) is 55.4 Å². The fourth-order valence-corrected chi connectivity index (χ4v) is 2.77. The Kier molecular flexibility index (Phi) is 7.03. The van der Waals surface area contributed by atoms with Gasteiger partial charge in [-0.3, -0.25) is 4.79 Å². The van der Waals surface area contributed by atoms with Crippen LogP contribution >= 0.6 is 0 Å². The van der Waals surface area contributed by atoms with Gasteiger partial charge >= 0.3 is 5.97 Å². The maximum absolute atomic E-state index is 12.1. The monoisotopic (exact) mass is 283 g/mol. The van der Waals surface area contributed by atoms with Crippen LogP contribution in [0.3, 0.4) is 0 Å². The summed E-state index contributed by atoms with van der Waals surface area (Å²) in [4.78, 5) is 24.0. The summed E-state index contributed by atoms with van der Waals surface area (Å²) in [7, 11) is 0. The van der Waals surface area contributed by atoms with Crippen LogP contribution in [-0.4, -0.2) is 24.0 Å². The third kappa shape index (κ3) is 5.93. The molecule has 0 aromatic rings. The molecule has 0 saturated heterocycles. The van der Waals surface area contributed by atoms with E-state index in [1.54, 1.807) is 6.92 Å². The number of nitrogens with one attached hydrogen (secondary N) is 1. The van der Waals surface area contributed by atoms with Crippen molar-refractivity contribution in [2.75, 3.05) is 0 Å². The summed E-state index contributed by atoms with van der Waals surface area (Å²) < 4.78 is 5.36. The lowest BCUT2D eigenvalue weighted by Crippen LogP contribution is -2.43. The molecular formula is C16H29NO3. The van der Waals surface area contributed by atoms with E-state index >= 15 is 0 Å². The minimum Gasteiger partial charge on any atom is -0.461 e. The van der Waals surface area contributed by atoms with Crippen LogP contribution in [0.2, 0.25) is 0 Å². The number of amides is 1. The Hall–Kier alpha value is -1.06. The van der Waals surface area contributed by atoms with Gasteiger partial charge < -0.3 is 10.1 Å². The van der Waals surface area contributed by atoms with Gasteiger partial charge in [-0.15, -0.1) is 0 Å². The van der Waals surface area contributed by atoms with Gasteiger partial charge in [-0.25, -0.2) is 4.79 Å². The van der Waals surface area contributed by atoms with Gasteiger partial charge in [-0.2, -0.15) is 0 Å². The second kappa shape index (κ2) is 8.28. The third-order valence-corrected chi connectivity index (χ3v) is 3.81. The Morgan fingerprint density at radius 3 is 2.25 bits per heavy atom. The Balaban J connectivity index is 2.34.